The van der Waals surface area contributed by atoms with Crippen molar-refractivity contribution in [1.29, 1.82) is 0 Å². The van der Waals surface area contributed by atoms with Gasteiger partial charge in [-0.15, -0.1) is 0 Å². The summed E-state index contributed by atoms with van der Waals surface area (Å²) in [5, 5.41) is 16.6. The number of benzene rings is 2. The van der Waals surface area contributed by atoms with E-state index in [1.165, 1.54) is 12.1 Å². The SMILES string of the molecule is Cc1cc(N[C@@H](C)C(=O)Nc2ccccc2[N+](=O)[O-])ccc1Br. The minimum Gasteiger partial charge on any atom is -0.374 e. The predicted molar refractivity (Wildman–Crippen MR) is 93.7 cm³/mol. The molecule has 23 heavy (non-hydrogen) atoms. The van der Waals surface area contributed by atoms with Crippen molar-refractivity contribution in [2.24, 2.45) is 0 Å². The van der Waals surface area contributed by atoms with Gasteiger partial charge in [0.15, 0.2) is 0 Å². The lowest BCUT2D eigenvalue weighted by Crippen LogP contribution is -2.32. The molecule has 0 aromatic heterocycles. The lowest BCUT2D eigenvalue weighted by atomic mass is 10.2. The van der Waals surface area contributed by atoms with Gasteiger partial charge in [-0.25, -0.2) is 0 Å². The van der Waals surface area contributed by atoms with Crippen molar-refractivity contribution in [3.8, 4) is 0 Å². The van der Waals surface area contributed by atoms with E-state index in [4.69, 9.17) is 0 Å². The summed E-state index contributed by atoms with van der Waals surface area (Å²) in [4.78, 5) is 22.7. The van der Waals surface area contributed by atoms with E-state index in [2.05, 4.69) is 26.6 Å². The Morgan fingerprint density at radius 2 is 1.96 bits per heavy atom. The first kappa shape index (κ1) is 17.0. The number of nitro groups is 1. The van der Waals surface area contributed by atoms with Crippen LogP contribution in [0.3, 0.4) is 0 Å². The molecule has 0 unspecified atom stereocenters. The summed E-state index contributed by atoms with van der Waals surface area (Å²) in [7, 11) is 0. The van der Waals surface area contributed by atoms with Crippen LogP contribution >= 0.6 is 15.9 Å². The summed E-state index contributed by atoms with van der Waals surface area (Å²) < 4.78 is 0.986. The zero-order chi connectivity index (χ0) is 17.0. The quantitative estimate of drug-likeness (QED) is 0.606. The van der Waals surface area contributed by atoms with E-state index < -0.39 is 11.0 Å². The van der Waals surface area contributed by atoms with Crippen LogP contribution in [-0.2, 0) is 4.79 Å². The number of nitrogens with one attached hydrogen (secondary N) is 2. The number of amides is 1. The van der Waals surface area contributed by atoms with Gasteiger partial charge in [0.1, 0.15) is 11.7 Å². The van der Waals surface area contributed by atoms with Gasteiger partial charge in [-0.1, -0.05) is 28.1 Å². The molecule has 1 amide bonds. The largest absolute Gasteiger partial charge is 0.374 e. The fourth-order valence-corrected chi connectivity index (χ4v) is 2.28. The molecule has 0 saturated heterocycles. The molecule has 0 fully saturated rings. The van der Waals surface area contributed by atoms with Gasteiger partial charge in [-0.2, -0.15) is 0 Å². The Balaban J connectivity index is 2.08. The minimum absolute atomic E-state index is 0.132. The third-order valence-corrected chi connectivity index (χ3v) is 4.18. The van der Waals surface area contributed by atoms with E-state index in [1.807, 2.05) is 25.1 Å². The molecule has 0 heterocycles. The van der Waals surface area contributed by atoms with Crippen molar-refractivity contribution in [2.45, 2.75) is 19.9 Å². The summed E-state index contributed by atoms with van der Waals surface area (Å²) in [6.45, 7) is 3.65. The van der Waals surface area contributed by atoms with Crippen LogP contribution in [-0.4, -0.2) is 16.9 Å². The maximum absolute atomic E-state index is 12.2. The van der Waals surface area contributed by atoms with Gasteiger partial charge in [0, 0.05) is 16.2 Å². The second kappa shape index (κ2) is 7.23. The van der Waals surface area contributed by atoms with Crippen molar-refractivity contribution in [2.75, 3.05) is 10.6 Å². The van der Waals surface area contributed by atoms with E-state index in [9.17, 15) is 14.9 Å². The molecular formula is C16H16BrN3O3. The number of hydrogen-bond donors (Lipinski definition) is 2. The molecule has 0 aliphatic heterocycles. The molecule has 0 bridgehead atoms. The van der Waals surface area contributed by atoms with Crippen LogP contribution in [0.1, 0.15) is 12.5 Å². The molecule has 6 nitrogen and oxygen atoms in total. The molecule has 0 saturated carbocycles. The highest BCUT2D eigenvalue weighted by molar-refractivity contribution is 9.10. The number of halogens is 1. The lowest BCUT2D eigenvalue weighted by molar-refractivity contribution is -0.383. The van der Waals surface area contributed by atoms with E-state index in [0.29, 0.717) is 0 Å². The van der Waals surface area contributed by atoms with Gasteiger partial charge >= 0.3 is 0 Å². The molecular weight excluding hydrogens is 362 g/mol. The van der Waals surface area contributed by atoms with Crippen molar-refractivity contribution in [3.05, 3.63) is 62.6 Å². The minimum atomic E-state index is -0.546. The molecule has 2 aromatic rings. The number of aryl methyl sites for hydroxylation is 1. The van der Waals surface area contributed by atoms with Crippen LogP contribution in [0.15, 0.2) is 46.9 Å². The molecule has 0 aliphatic rings. The fraction of sp³-hybridized carbons (Fsp3) is 0.188. The Morgan fingerprint density at radius 3 is 2.61 bits per heavy atom. The van der Waals surface area contributed by atoms with Crippen LogP contribution in [0.2, 0.25) is 0 Å². The van der Waals surface area contributed by atoms with E-state index in [-0.39, 0.29) is 17.3 Å². The monoisotopic (exact) mass is 377 g/mol. The number of hydrogen-bond acceptors (Lipinski definition) is 4. The number of nitro benzene ring substituents is 1. The van der Waals surface area contributed by atoms with Crippen LogP contribution < -0.4 is 10.6 Å². The standard InChI is InChI=1S/C16H16BrN3O3/c1-10-9-12(7-8-13(10)17)18-11(2)16(21)19-14-5-3-4-6-15(14)20(22)23/h3-9,11,18H,1-2H3,(H,19,21)/t11-/m0/s1. The maximum Gasteiger partial charge on any atom is 0.292 e. The van der Waals surface area contributed by atoms with E-state index in [1.54, 1.807) is 19.1 Å². The molecule has 2 aromatic carbocycles. The number of nitrogens with zero attached hydrogens (tertiary/aromatic N) is 1. The van der Waals surface area contributed by atoms with Crippen LogP contribution in [0.5, 0.6) is 0 Å². The summed E-state index contributed by atoms with van der Waals surface area (Å²) in [6.07, 6.45) is 0. The average Bonchev–Trinajstić information content (AvgIpc) is 2.51. The second-order valence-electron chi connectivity index (χ2n) is 5.09. The molecule has 7 heteroatoms. The molecule has 0 aliphatic carbocycles. The van der Waals surface area contributed by atoms with Gasteiger partial charge in [0.25, 0.3) is 5.69 Å². The van der Waals surface area contributed by atoms with Gasteiger partial charge in [0.2, 0.25) is 5.91 Å². The molecule has 1 atom stereocenters. The molecule has 2 rings (SSSR count). The first-order valence-electron chi connectivity index (χ1n) is 6.95. The molecule has 0 spiro atoms. The van der Waals surface area contributed by atoms with Crippen molar-refractivity contribution in [1.82, 2.24) is 0 Å². The molecule has 2 N–H and O–H groups in total. The van der Waals surface area contributed by atoms with Crippen molar-refractivity contribution < 1.29 is 9.72 Å². The predicted octanol–water partition coefficient (Wildman–Crippen LogP) is 4.10. The summed E-state index contributed by atoms with van der Waals surface area (Å²) >= 11 is 3.42. The topological polar surface area (TPSA) is 84.3 Å². The van der Waals surface area contributed by atoms with Gasteiger partial charge in [0.05, 0.1) is 4.92 Å². The smallest absolute Gasteiger partial charge is 0.292 e. The normalized spacial score (nSPS) is 11.6. The van der Waals surface area contributed by atoms with Crippen LogP contribution in [0, 0.1) is 17.0 Å². The third kappa shape index (κ3) is 4.29. The number of carbonyl (C=O) groups is 1. The van der Waals surface area contributed by atoms with E-state index in [0.717, 1.165) is 15.7 Å². The Labute approximate surface area is 142 Å². The lowest BCUT2D eigenvalue weighted by Gasteiger charge is -2.16. The number of carbonyl (C=O) groups excluding carboxylic acids is 1. The second-order valence-corrected chi connectivity index (χ2v) is 5.95. The van der Waals surface area contributed by atoms with E-state index >= 15 is 0 Å². The highest BCUT2D eigenvalue weighted by Gasteiger charge is 2.18. The Bertz CT molecular complexity index is 749. The number of anilines is 2. The fourth-order valence-electron chi connectivity index (χ4n) is 2.03. The van der Waals surface area contributed by atoms with Crippen molar-refractivity contribution >= 4 is 38.9 Å². The molecule has 0 radical (unpaired) electrons. The first-order chi connectivity index (χ1) is 10.9. The zero-order valence-corrected chi connectivity index (χ0v) is 14.3. The Kier molecular flexibility index (Phi) is 5.33. The maximum atomic E-state index is 12.2. The number of para-hydroxylation sites is 2. The number of rotatable bonds is 5. The Morgan fingerprint density at radius 1 is 1.26 bits per heavy atom. The summed E-state index contributed by atoms with van der Waals surface area (Å²) in [5.41, 5.74) is 1.90. The average molecular weight is 378 g/mol. The molecule has 120 valence electrons. The Hall–Kier alpha value is -2.41. The van der Waals surface area contributed by atoms with Gasteiger partial charge < -0.3 is 10.6 Å². The third-order valence-electron chi connectivity index (χ3n) is 3.29. The van der Waals surface area contributed by atoms with Crippen molar-refractivity contribution in [3.63, 3.8) is 0 Å². The highest BCUT2D eigenvalue weighted by atomic mass is 79.9. The zero-order valence-electron chi connectivity index (χ0n) is 12.7. The first-order valence-corrected chi connectivity index (χ1v) is 7.74. The van der Waals surface area contributed by atoms with Crippen LogP contribution in [0.25, 0.3) is 0 Å². The highest BCUT2D eigenvalue weighted by Crippen LogP contribution is 2.24. The van der Waals surface area contributed by atoms with Gasteiger partial charge in [-0.3, -0.25) is 14.9 Å². The van der Waals surface area contributed by atoms with Crippen LogP contribution in [0.4, 0.5) is 17.1 Å². The summed E-state index contributed by atoms with van der Waals surface area (Å²) in [6, 6.07) is 11.2. The summed E-state index contributed by atoms with van der Waals surface area (Å²) in [5.74, 6) is -0.347. The van der Waals surface area contributed by atoms with Gasteiger partial charge in [-0.05, 0) is 43.7 Å².